The summed E-state index contributed by atoms with van der Waals surface area (Å²) in [6.07, 6.45) is 3.11. The second kappa shape index (κ2) is 8.18. The Hall–Kier alpha value is -1.97. The van der Waals surface area contributed by atoms with E-state index in [0.717, 1.165) is 12.8 Å². The maximum Gasteiger partial charge on any atom is 0.244 e. The highest BCUT2D eigenvalue weighted by atomic mass is 32.2. The van der Waals surface area contributed by atoms with E-state index < -0.39 is 10.0 Å². The van der Waals surface area contributed by atoms with Gasteiger partial charge in [0.1, 0.15) is 4.90 Å². The highest BCUT2D eigenvalue weighted by Gasteiger charge is 2.27. The van der Waals surface area contributed by atoms with Crippen LogP contribution in [0.3, 0.4) is 0 Å². The minimum atomic E-state index is -3.49. The Morgan fingerprint density at radius 1 is 1.21 bits per heavy atom. The number of H-pyrrole nitrogens is 1. The van der Waals surface area contributed by atoms with Gasteiger partial charge in [-0.05, 0) is 51.3 Å². The van der Waals surface area contributed by atoms with E-state index in [1.165, 1.54) is 35.3 Å². The van der Waals surface area contributed by atoms with Crippen LogP contribution >= 0.6 is 11.8 Å². The van der Waals surface area contributed by atoms with Gasteiger partial charge in [0.15, 0.2) is 11.6 Å². The van der Waals surface area contributed by atoms with E-state index in [4.69, 9.17) is 0 Å². The molecule has 1 aliphatic heterocycles. The van der Waals surface area contributed by atoms with E-state index in [9.17, 15) is 18.0 Å². The number of pyridine rings is 1. The maximum atomic E-state index is 12.5. The van der Waals surface area contributed by atoms with Crippen molar-refractivity contribution in [2.45, 2.75) is 43.5 Å². The van der Waals surface area contributed by atoms with Crippen molar-refractivity contribution in [3.63, 3.8) is 0 Å². The summed E-state index contributed by atoms with van der Waals surface area (Å²) in [5.74, 6) is -0.0633. The van der Waals surface area contributed by atoms with E-state index in [1.54, 1.807) is 19.9 Å². The van der Waals surface area contributed by atoms with Gasteiger partial charge in [0, 0.05) is 30.5 Å². The lowest BCUT2D eigenvalue weighted by molar-refractivity contribution is 0.101. The van der Waals surface area contributed by atoms with Crippen LogP contribution in [0.1, 0.15) is 51.9 Å². The second-order valence-corrected chi connectivity index (χ2v) is 9.77. The van der Waals surface area contributed by atoms with Crippen molar-refractivity contribution in [3.8, 4) is 0 Å². The van der Waals surface area contributed by atoms with Crippen molar-refractivity contribution in [2.75, 3.05) is 18.8 Å². The lowest BCUT2D eigenvalue weighted by atomic mass is 10.1. The van der Waals surface area contributed by atoms with Gasteiger partial charge in [-0.3, -0.25) is 9.59 Å². The average molecular weight is 422 g/mol. The Labute approximate surface area is 169 Å². The fourth-order valence-corrected chi connectivity index (χ4v) is 5.63. The number of Topliss-reactive ketones (excluding diaryl/α,β-unsaturated/α-hetero) is 2. The number of ketones is 2. The van der Waals surface area contributed by atoms with Gasteiger partial charge < -0.3 is 4.98 Å². The molecule has 1 saturated heterocycles. The summed E-state index contributed by atoms with van der Waals surface area (Å²) in [4.78, 5) is 31.6. The summed E-state index contributed by atoms with van der Waals surface area (Å²) in [5.41, 5.74) is 2.34. The van der Waals surface area contributed by atoms with Crippen molar-refractivity contribution in [2.24, 2.45) is 0 Å². The summed E-state index contributed by atoms with van der Waals surface area (Å²) in [6, 6.07) is 3.15. The number of aromatic nitrogens is 2. The molecule has 0 aliphatic carbocycles. The molecule has 1 aliphatic rings. The fourth-order valence-electron chi connectivity index (χ4n) is 3.45. The number of sulfonamides is 1. The molecule has 0 bridgehead atoms. The first-order valence-corrected chi connectivity index (χ1v) is 11.5. The molecule has 0 radical (unpaired) electrons. The molecule has 28 heavy (non-hydrogen) atoms. The molecular formula is C19H23N3O4S2. The van der Waals surface area contributed by atoms with Gasteiger partial charge in [-0.2, -0.15) is 4.31 Å². The monoisotopic (exact) mass is 421 g/mol. The quantitative estimate of drug-likeness (QED) is 0.545. The molecule has 1 N–H and O–H groups in total. The molecule has 3 rings (SSSR count). The number of aryl methyl sites for hydroxylation is 1. The van der Waals surface area contributed by atoms with Crippen molar-refractivity contribution in [1.29, 1.82) is 0 Å². The van der Waals surface area contributed by atoms with Crippen molar-refractivity contribution >= 4 is 33.4 Å². The van der Waals surface area contributed by atoms with Gasteiger partial charge in [-0.25, -0.2) is 13.4 Å². The molecule has 3 heterocycles. The summed E-state index contributed by atoms with van der Waals surface area (Å²) >= 11 is 1.23. The zero-order chi connectivity index (χ0) is 20.5. The largest absolute Gasteiger partial charge is 0.355 e. The molecule has 7 nitrogen and oxygen atoms in total. The van der Waals surface area contributed by atoms with Crippen LogP contribution in [0.15, 0.2) is 28.3 Å². The fraction of sp³-hybridized carbons (Fsp3) is 0.421. The molecule has 0 atom stereocenters. The first-order chi connectivity index (χ1) is 13.2. The molecule has 2 aromatic heterocycles. The maximum absolute atomic E-state index is 12.5. The molecule has 1 fully saturated rings. The predicted molar refractivity (Wildman–Crippen MR) is 108 cm³/mol. The second-order valence-electron chi connectivity index (χ2n) is 6.84. The number of nitrogens with zero attached hydrogens (tertiary/aromatic N) is 2. The Morgan fingerprint density at radius 3 is 2.43 bits per heavy atom. The first-order valence-electron chi connectivity index (χ1n) is 9.04. The van der Waals surface area contributed by atoms with Gasteiger partial charge in [-0.1, -0.05) is 11.8 Å². The Bertz CT molecular complexity index is 1000. The Kier molecular flexibility index (Phi) is 6.07. The molecule has 0 saturated carbocycles. The zero-order valence-corrected chi connectivity index (χ0v) is 17.7. The third-order valence-corrected chi connectivity index (χ3v) is 7.66. The van der Waals surface area contributed by atoms with Crippen LogP contribution in [-0.4, -0.2) is 53.1 Å². The number of aromatic amines is 1. The number of carbonyl (C=O) groups is 2. The van der Waals surface area contributed by atoms with Gasteiger partial charge in [0.05, 0.1) is 16.5 Å². The highest BCUT2D eigenvalue weighted by Crippen LogP contribution is 2.24. The van der Waals surface area contributed by atoms with Crippen molar-refractivity contribution in [1.82, 2.24) is 14.3 Å². The number of nitrogens with one attached hydrogen (secondary N) is 1. The average Bonchev–Trinajstić information content (AvgIpc) is 3.28. The smallest absolute Gasteiger partial charge is 0.244 e. The molecule has 0 aromatic carbocycles. The summed E-state index contributed by atoms with van der Waals surface area (Å²) < 4.78 is 26.5. The van der Waals surface area contributed by atoms with Gasteiger partial charge in [0.2, 0.25) is 10.0 Å². The predicted octanol–water partition coefficient (Wildman–Crippen LogP) is 2.99. The van der Waals surface area contributed by atoms with Gasteiger partial charge >= 0.3 is 0 Å². The minimum Gasteiger partial charge on any atom is -0.355 e. The van der Waals surface area contributed by atoms with E-state index in [-0.39, 0.29) is 22.2 Å². The number of rotatable bonds is 7. The molecule has 0 unspecified atom stereocenters. The SMILES string of the molecule is CC(=O)c1c(C)[nH]c(C(=O)CSc2ccc(S(=O)(=O)N3CCCC3)cn2)c1C. The molecule has 2 aromatic rings. The van der Waals surface area contributed by atoms with Crippen LogP contribution in [0.4, 0.5) is 0 Å². The van der Waals surface area contributed by atoms with Crippen LogP contribution in [0.25, 0.3) is 0 Å². The van der Waals surface area contributed by atoms with E-state index in [1.807, 2.05) is 0 Å². The van der Waals surface area contributed by atoms with E-state index in [0.29, 0.717) is 40.6 Å². The Morgan fingerprint density at radius 2 is 1.89 bits per heavy atom. The molecule has 9 heteroatoms. The third kappa shape index (κ3) is 4.06. The molecular weight excluding hydrogens is 398 g/mol. The lowest BCUT2D eigenvalue weighted by Gasteiger charge is -2.15. The summed E-state index contributed by atoms with van der Waals surface area (Å²) in [7, 11) is -3.49. The third-order valence-electron chi connectivity index (χ3n) is 4.83. The molecule has 0 spiro atoms. The van der Waals surface area contributed by atoms with Crippen LogP contribution in [-0.2, 0) is 10.0 Å². The normalized spacial score (nSPS) is 15.1. The van der Waals surface area contributed by atoms with Crippen LogP contribution < -0.4 is 0 Å². The number of hydrogen-bond donors (Lipinski definition) is 1. The number of hydrogen-bond acceptors (Lipinski definition) is 6. The zero-order valence-electron chi connectivity index (χ0n) is 16.1. The van der Waals surface area contributed by atoms with Crippen LogP contribution in [0.5, 0.6) is 0 Å². The van der Waals surface area contributed by atoms with E-state index >= 15 is 0 Å². The first kappa shape index (κ1) is 20.8. The number of thioether (sulfide) groups is 1. The van der Waals surface area contributed by atoms with Crippen molar-refractivity contribution in [3.05, 3.63) is 40.8 Å². The van der Waals surface area contributed by atoms with Crippen molar-refractivity contribution < 1.29 is 18.0 Å². The topological polar surface area (TPSA) is 100 Å². The van der Waals surface area contributed by atoms with Crippen LogP contribution in [0.2, 0.25) is 0 Å². The van der Waals surface area contributed by atoms with E-state index in [2.05, 4.69) is 9.97 Å². The van der Waals surface area contributed by atoms with Gasteiger partial charge in [0.25, 0.3) is 0 Å². The molecule has 150 valence electrons. The standard InChI is InChI=1S/C19H23N3O4S2/c1-12-18(14(3)23)13(2)21-19(12)16(24)11-27-17-7-6-15(10-20-17)28(25,26)22-8-4-5-9-22/h6-7,10,21H,4-5,8-9,11H2,1-3H3. The van der Waals surface area contributed by atoms with Crippen LogP contribution in [0, 0.1) is 13.8 Å². The Balaban J connectivity index is 1.68. The summed E-state index contributed by atoms with van der Waals surface area (Å²) in [6.45, 7) is 6.10. The highest BCUT2D eigenvalue weighted by molar-refractivity contribution is 7.99. The van der Waals surface area contributed by atoms with Gasteiger partial charge in [-0.15, -0.1) is 0 Å². The number of carbonyl (C=O) groups excluding carboxylic acids is 2. The minimum absolute atomic E-state index is 0.0746. The summed E-state index contributed by atoms with van der Waals surface area (Å²) in [5, 5.41) is 0.571. The lowest BCUT2D eigenvalue weighted by Crippen LogP contribution is -2.27. The molecule has 0 amide bonds.